The number of aryl methyl sites for hydroxylation is 1. The molecule has 1 amide bonds. The summed E-state index contributed by atoms with van der Waals surface area (Å²) in [5.74, 6) is 1.07. The number of carbonyl (C=O) groups is 1. The highest BCUT2D eigenvalue weighted by Gasteiger charge is 2.11. The molecule has 5 heteroatoms. The van der Waals surface area contributed by atoms with Crippen LogP contribution in [0.25, 0.3) is 0 Å². The monoisotopic (exact) mass is 361 g/mol. The van der Waals surface area contributed by atoms with E-state index >= 15 is 0 Å². The molecular formula is C22H23N3O2. The van der Waals surface area contributed by atoms with E-state index in [0.29, 0.717) is 29.4 Å². The number of hydrogen-bond acceptors (Lipinski definition) is 4. The zero-order valence-corrected chi connectivity index (χ0v) is 15.5. The van der Waals surface area contributed by atoms with Crippen LogP contribution in [0.3, 0.4) is 0 Å². The molecule has 3 rings (SSSR count). The SMILES string of the molecule is CCOc1ccccc1NC(=O)c1ccnc(Nc2ccccc2CC)c1. The van der Waals surface area contributed by atoms with Gasteiger partial charge in [0.2, 0.25) is 0 Å². The molecule has 0 aliphatic heterocycles. The molecule has 1 aromatic heterocycles. The van der Waals surface area contributed by atoms with E-state index in [4.69, 9.17) is 4.74 Å². The Balaban J connectivity index is 1.78. The molecule has 0 radical (unpaired) electrons. The Hall–Kier alpha value is -3.34. The van der Waals surface area contributed by atoms with Gasteiger partial charge in [-0.3, -0.25) is 4.79 Å². The van der Waals surface area contributed by atoms with E-state index in [0.717, 1.165) is 12.1 Å². The highest BCUT2D eigenvalue weighted by atomic mass is 16.5. The number of aromatic nitrogens is 1. The van der Waals surface area contributed by atoms with Gasteiger partial charge in [0, 0.05) is 17.4 Å². The van der Waals surface area contributed by atoms with Gasteiger partial charge in [0.15, 0.2) is 0 Å². The number of hydrogen-bond donors (Lipinski definition) is 2. The number of para-hydroxylation sites is 3. The van der Waals surface area contributed by atoms with Gasteiger partial charge < -0.3 is 15.4 Å². The molecule has 0 bridgehead atoms. The lowest BCUT2D eigenvalue weighted by atomic mass is 10.1. The summed E-state index contributed by atoms with van der Waals surface area (Å²) < 4.78 is 5.56. The van der Waals surface area contributed by atoms with Crippen LogP contribution in [0.1, 0.15) is 29.8 Å². The zero-order chi connectivity index (χ0) is 19.1. The zero-order valence-electron chi connectivity index (χ0n) is 15.5. The summed E-state index contributed by atoms with van der Waals surface area (Å²) in [6.07, 6.45) is 2.54. The van der Waals surface area contributed by atoms with Crippen molar-refractivity contribution in [2.45, 2.75) is 20.3 Å². The molecular weight excluding hydrogens is 338 g/mol. The molecule has 2 N–H and O–H groups in total. The van der Waals surface area contributed by atoms with Gasteiger partial charge in [-0.1, -0.05) is 37.3 Å². The van der Waals surface area contributed by atoms with E-state index in [-0.39, 0.29) is 5.91 Å². The lowest BCUT2D eigenvalue weighted by molar-refractivity contribution is 0.102. The molecule has 0 aliphatic carbocycles. The largest absolute Gasteiger partial charge is 0.492 e. The highest BCUT2D eigenvalue weighted by Crippen LogP contribution is 2.25. The number of nitrogens with one attached hydrogen (secondary N) is 2. The predicted molar refractivity (Wildman–Crippen MR) is 109 cm³/mol. The molecule has 0 saturated carbocycles. The fraction of sp³-hybridized carbons (Fsp3) is 0.182. The first-order chi connectivity index (χ1) is 13.2. The second-order valence-electron chi connectivity index (χ2n) is 5.95. The molecule has 1 heterocycles. The first kappa shape index (κ1) is 18.5. The number of carbonyl (C=O) groups excluding carboxylic acids is 1. The number of amides is 1. The molecule has 0 aliphatic rings. The van der Waals surface area contributed by atoms with Crippen molar-refractivity contribution < 1.29 is 9.53 Å². The van der Waals surface area contributed by atoms with Gasteiger partial charge in [0.25, 0.3) is 5.91 Å². The van der Waals surface area contributed by atoms with Crippen LogP contribution >= 0.6 is 0 Å². The second-order valence-corrected chi connectivity index (χ2v) is 5.95. The lowest BCUT2D eigenvalue weighted by Gasteiger charge is -2.13. The Morgan fingerprint density at radius 3 is 2.52 bits per heavy atom. The van der Waals surface area contributed by atoms with Crippen LogP contribution in [0.4, 0.5) is 17.2 Å². The number of anilines is 3. The van der Waals surface area contributed by atoms with Gasteiger partial charge in [0.1, 0.15) is 11.6 Å². The first-order valence-corrected chi connectivity index (χ1v) is 9.05. The third kappa shape index (κ3) is 4.64. The molecule has 5 nitrogen and oxygen atoms in total. The van der Waals surface area contributed by atoms with Crippen molar-refractivity contribution in [3.63, 3.8) is 0 Å². The maximum atomic E-state index is 12.7. The van der Waals surface area contributed by atoms with Crippen molar-refractivity contribution in [2.75, 3.05) is 17.2 Å². The number of benzene rings is 2. The molecule has 3 aromatic rings. The minimum atomic E-state index is -0.212. The highest BCUT2D eigenvalue weighted by molar-refractivity contribution is 6.05. The minimum Gasteiger partial charge on any atom is -0.492 e. The van der Waals surface area contributed by atoms with Crippen LogP contribution in [0.2, 0.25) is 0 Å². The first-order valence-electron chi connectivity index (χ1n) is 9.05. The molecule has 0 fully saturated rings. The van der Waals surface area contributed by atoms with E-state index in [1.54, 1.807) is 18.3 Å². The Morgan fingerprint density at radius 2 is 1.74 bits per heavy atom. The Kier molecular flexibility index (Phi) is 6.05. The number of ether oxygens (including phenoxy) is 1. The van der Waals surface area contributed by atoms with Crippen LogP contribution in [0.15, 0.2) is 66.9 Å². The summed E-state index contributed by atoms with van der Waals surface area (Å²) in [6, 6.07) is 18.9. The van der Waals surface area contributed by atoms with Crippen molar-refractivity contribution >= 4 is 23.1 Å². The van der Waals surface area contributed by atoms with Gasteiger partial charge in [-0.05, 0) is 49.2 Å². The standard InChI is InChI=1S/C22H23N3O2/c1-3-16-9-5-6-10-18(16)24-21-15-17(13-14-23-21)22(26)25-19-11-7-8-12-20(19)27-4-2/h5-15H,3-4H2,1-2H3,(H,23,24)(H,25,26). The number of pyridine rings is 1. The Bertz CT molecular complexity index is 925. The smallest absolute Gasteiger partial charge is 0.255 e. The van der Waals surface area contributed by atoms with Crippen LogP contribution in [-0.2, 0) is 6.42 Å². The number of nitrogens with zero attached hydrogens (tertiary/aromatic N) is 1. The lowest BCUT2D eigenvalue weighted by Crippen LogP contribution is -2.13. The Labute approximate surface area is 159 Å². The Morgan fingerprint density at radius 1 is 1.00 bits per heavy atom. The average Bonchev–Trinajstić information content (AvgIpc) is 2.70. The quantitative estimate of drug-likeness (QED) is 0.619. The van der Waals surface area contributed by atoms with Crippen molar-refractivity contribution in [1.82, 2.24) is 4.98 Å². The maximum Gasteiger partial charge on any atom is 0.255 e. The fourth-order valence-electron chi connectivity index (χ4n) is 2.77. The third-order valence-electron chi connectivity index (χ3n) is 4.12. The molecule has 0 atom stereocenters. The normalized spacial score (nSPS) is 10.3. The van der Waals surface area contributed by atoms with Crippen LogP contribution in [0, 0.1) is 0 Å². The van der Waals surface area contributed by atoms with E-state index in [2.05, 4.69) is 28.6 Å². The summed E-state index contributed by atoms with van der Waals surface area (Å²) in [5, 5.41) is 6.20. The summed E-state index contributed by atoms with van der Waals surface area (Å²) in [7, 11) is 0. The van der Waals surface area contributed by atoms with Crippen molar-refractivity contribution in [3.05, 3.63) is 78.0 Å². The van der Waals surface area contributed by atoms with Gasteiger partial charge in [0.05, 0.1) is 12.3 Å². The molecule has 0 unspecified atom stereocenters. The predicted octanol–water partition coefficient (Wildman–Crippen LogP) is 5.04. The molecule has 0 spiro atoms. The van der Waals surface area contributed by atoms with Gasteiger partial charge in [-0.25, -0.2) is 4.98 Å². The fourth-order valence-corrected chi connectivity index (χ4v) is 2.77. The maximum absolute atomic E-state index is 12.7. The van der Waals surface area contributed by atoms with E-state index in [1.165, 1.54) is 5.56 Å². The van der Waals surface area contributed by atoms with Crippen LogP contribution in [-0.4, -0.2) is 17.5 Å². The molecule has 27 heavy (non-hydrogen) atoms. The average molecular weight is 361 g/mol. The van der Waals surface area contributed by atoms with E-state index in [1.807, 2.05) is 49.4 Å². The third-order valence-corrected chi connectivity index (χ3v) is 4.12. The summed E-state index contributed by atoms with van der Waals surface area (Å²) >= 11 is 0. The summed E-state index contributed by atoms with van der Waals surface area (Å²) in [5.41, 5.74) is 3.35. The summed E-state index contributed by atoms with van der Waals surface area (Å²) in [4.78, 5) is 17.0. The van der Waals surface area contributed by atoms with Gasteiger partial charge in [-0.2, -0.15) is 0 Å². The minimum absolute atomic E-state index is 0.212. The molecule has 2 aromatic carbocycles. The molecule has 0 saturated heterocycles. The van der Waals surface area contributed by atoms with Crippen molar-refractivity contribution in [2.24, 2.45) is 0 Å². The topological polar surface area (TPSA) is 63.2 Å². The summed E-state index contributed by atoms with van der Waals surface area (Å²) in [6.45, 7) is 4.55. The van der Waals surface area contributed by atoms with E-state index < -0.39 is 0 Å². The number of rotatable bonds is 7. The van der Waals surface area contributed by atoms with Gasteiger partial charge >= 0.3 is 0 Å². The second kappa shape index (κ2) is 8.85. The van der Waals surface area contributed by atoms with Crippen molar-refractivity contribution in [3.8, 4) is 5.75 Å². The van der Waals surface area contributed by atoms with Crippen LogP contribution in [0.5, 0.6) is 5.75 Å². The van der Waals surface area contributed by atoms with E-state index in [9.17, 15) is 4.79 Å². The van der Waals surface area contributed by atoms with Gasteiger partial charge in [-0.15, -0.1) is 0 Å². The van der Waals surface area contributed by atoms with Crippen molar-refractivity contribution in [1.29, 1.82) is 0 Å². The molecule has 138 valence electrons. The van der Waals surface area contributed by atoms with Crippen LogP contribution < -0.4 is 15.4 Å².